The van der Waals surface area contributed by atoms with Crippen molar-refractivity contribution in [1.29, 1.82) is 0 Å². The summed E-state index contributed by atoms with van der Waals surface area (Å²) < 4.78 is 1.18. The average Bonchev–Trinajstić information content (AvgIpc) is 2.84. The zero-order chi connectivity index (χ0) is 9.26. The Morgan fingerprint density at radius 2 is 2.38 bits per heavy atom. The molecule has 0 aromatic carbocycles. The molecule has 1 aliphatic carbocycles. The molecular formula is C9H13BrN2S. The summed E-state index contributed by atoms with van der Waals surface area (Å²) >= 11 is 5.23. The minimum Gasteiger partial charge on any atom is -0.329 e. The first kappa shape index (κ1) is 9.65. The second-order valence-corrected chi connectivity index (χ2v) is 5.87. The first-order chi connectivity index (χ1) is 6.29. The van der Waals surface area contributed by atoms with Crippen LogP contribution in [0.15, 0.2) is 15.9 Å². The molecule has 0 bridgehead atoms. The normalized spacial score (nSPS) is 18.9. The van der Waals surface area contributed by atoms with Crippen LogP contribution in [0, 0.1) is 0 Å². The van der Waals surface area contributed by atoms with Crippen molar-refractivity contribution >= 4 is 27.3 Å². The first-order valence-corrected chi connectivity index (χ1v) is 6.12. The van der Waals surface area contributed by atoms with Crippen molar-refractivity contribution in [3.05, 3.63) is 20.8 Å². The van der Waals surface area contributed by atoms with E-state index in [1.165, 1.54) is 21.5 Å². The Labute approximate surface area is 90.6 Å². The molecular weight excluding hydrogens is 248 g/mol. The monoisotopic (exact) mass is 260 g/mol. The van der Waals surface area contributed by atoms with Gasteiger partial charge in [0.15, 0.2) is 0 Å². The molecule has 2 nitrogen and oxygen atoms in total. The van der Waals surface area contributed by atoms with Crippen LogP contribution in [0.3, 0.4) is 0 Å². The van der Waals surface area contributed by atoms with Gasteiger partial charge in [-0.25, -0.2) is 0 Å². The summed E-state index contributed by atoms with van der Waals surface area (Å²) in [6.07, 6.45) is 2.62. The first-order valence-electron chi connectivity index (χ1n) is 4.51. The molecule has 1 saturated carbocycles. The van der Waals surface area contributed by atoms with Gasteiger partial charge in [-0.15, -0.1) is 11.3 Å². The number of rotatable bonds is 4. The van der Waals surface area contributed by atoms with E-state index in [0.717, 1.165) is 6.04 Å². The number of hydrogen-bond donors (Lipinski definition) is 2. The molecule has 72 valence electrons. The second kappa shape index (κ2) is 4.09. The van der Waals surface area contributed by atoms with E-state index >= 15 is 0 Å². The van der Waals surface area contributed by atoms with Crippen LogP contribution < -0.4 is 11.1 Å². The minimum absolute atomic E-state index is 0.351. The Morgan fingerprint density at radius 1 is 1.62 bits per heavy atom. The molecule has 4 heteroatoms. The van der Waals surface area contributed by atoms with Gasteiger partial charge in [-0.1, -0.05) is 0 Å². The van der Waals surface area contributed by atoms with E-state index in [1.807, 2.05) is 0 Å². The van der Waals surface area contributed by atoms with Crippen LogP contribution >= 0.6 is 27.3 Å². The van der Waals surface area contributed by atoms with E-state index in [-0.39, 0.29) is 0 Å². The van der Waals surface area contributed by atoms with Crippen molar-refractivity contribution in [2.45, 2.75) is 24.9 Å². The van der Waals surface area contributed by atoms with Gasteiger partial charge in [-0.05, 0) is 40.9 Å². The summed E-state index contributed by atoms with van der Waals surface area (Å²) in [5.41, 5.74) is 5.72. The van der Waals surface area contributed by atoms with E-state index in [4.69, 9.17) is 5.73 Å². The minimum atomic E-state index is 0.351. The maximum Gasteiger partial charge on any atom is 0.0702 e. The van der Waals surface area contributed by atoms with Crippen molar-refractivity contribution in [3.8, 4) is 0 Å². The number of halogens is 1. The third-order valence-electron chi connectivity index (χ3n) is 2.19. The van der Waals surface area contributed by atoms with Crippen molar-refractivity contribution in [2.24, 2.45) is 5.73 Å². The molecule has 0 spiro atoms. The molecule has 13 heavy (non-hydrogen) atoms. The van der Waals surface area contributed by atoms with Gasteiger partial charge in [0.2, 0.25) is 0 Å². The third-order valence-corrected chi connectivity index (χ3v) is 3.92. The second-order valence-electron chi connectivity index (χ2n) is 3.37. The number of nitrogens with two attached hydrogens (primary N) is 1. The Kier molecular flexibility index (Phi) is 3.03. The molecule has 1 aromatic rings. The summed E-state index contributed by atoms with van der Waals surface area (Å²) in [4.78, 5) is 1.33. The smallest absolute Gasteiger partial charge is 0.0702 e. The van der Waals surface area contributed by atoms with E-state index in [0.29, 0.717) is 12.6 Å². The van der Waals surface area contributed by atoms with Crippen molar-refractivity contribution < 1.29 is 0 Å². The molecule has 2 rings (SSSR count). The van der Waals surface area contributed by atoms with Gasteiger partial charge in [-0.3, -0.25) is 0 Å². The topological polar surface area (TPSA) is 38.0 Å². The number of thiophene rings is 1. The largest absolute Gasteiger partial charge is 0.329 e. The predicted molar refractivity (Wildman–Crippen MR) is 60.0 cm³/mol. The SMILES string of the molecule is NCC(NC1CC1)c1ccc(Br)s1. The van der Waals surface area contributed by atoms with Crippen molar-refractivity contribution in [2.75, 3.05) is 6.54 Å². The lowest BCUT2D eigenvalue weighted by molar-refractivity contribution is 0.546. The molecule has 3 N–H and O–H groups in total. The maximum absolute atomic E-state index is 5.72. The standard InChI is InChI=1S/C9H13BrN2S/c10-9-4-3-8(13-9)7(5-11)12-6-1-2-6/h3-4,6-7,12H,1-2,5,11H2. The summed E-state index contributed by atoms with van der Waals surface area (Å²) in [6.45, 7) is 0.684. The van der Waals surface area contributed by atoms with E-state index in [2.05, 4.69) is 33.4 Å². The van der Waals surface area contributed by atoms with Crippen molar-refractivity contribution in [3.63, 3.8) is 0 Å². The highest BCUT2D eigenvalue weighted by Gasteiger charge is 2.25. The summed E-state index contributed by atoms with van der Waals surface area (Å²) in [6, 6.07) is 5.29. The fourth-order valence-electron chi connectivity index (χ4n) is 1.32. The van der Waals surface area contributed by atoms with Gasteiger partial charge in [0, 0.05) is 17.5 Å². The Bertz CT molecular complexity index is 283. The van der Waals surface area contributed by atoms with Gasteiger partial charge in [0.1, 0.15) is 0 Å². The van der Waals surface area contributed by atoms with Crippen LogP contribution in [0.25, 0.3) is 0 Å². The Morgan fingerprint density at radius 3 is 2.85 bits per heavy atom. The number of hydrogen-bond acceptors (Lipinski definition) is 3. The van der Waals surface area contributed by atoms with Gasteiger partial charge < -0.3 is 11.1 Å². The fourth-order valence-corrected chi connectivity index (χ4v) is 2.81. The molecule has 1 aliphatic rings. The highest BCUT2D eigenvalue weighted by atomic mass is 79.9. The van der Waals surface area contributed by atoms with Crippen LogP contribution in [0.2, 0.25) is 0 Å². The molecule has 1 fully saturated rings. The van der Waals surface area contributed by atoms with E-state index in [1.54, 1.807) is 11.3 Å². The van der Waals surface area contributed by atoms with Crippen LogP contribution in [0.5, 0.6) is 0 Å². The van der Waals surface area contributed by atoms with E-state index < -0.39 is 0 Å². The summed E-state index contributed by atoms with van der Waals surface area (Å²) in [5, 5.41) is 3.53. The van der Waals surface area contributed by atoms with Crippen LogP contribution in [0.4, 0.5) is 0 Å². The summed E-state index contributed by atoms with van der Waals surface area (Å²) in [7, 11) is 0. The van der Waals surface area contributed by atoms with Gasteiger partial charge in [0.05, 0.1) is 9.83 Å². The van der Waals surface area contributed by atoms with Crippen LogP contribution in [0.1, 0.15) is 23.8 Å². The lowest BCUT2D eigenvalue weighted by Gasteiger charge is -2.14. The Balaban J connectivity index is 2.01. The zero-order valence-electron chi connectivity index (χ0n) is 7.29. The predicted octanol–water partition coefficient (Wildman–Crippen LogP) is 2.26. The quantitative estimate of drug-likeness (QED) is 0.872. The van der Waals surface area contributed by atoms with E-state index in [9.17, 15) is 0 Å². The van der Waals surface area contributed by atoms with Crippen LogP contribution in [-0.2, 0) is 0 Å². The number of nitrogens with one attached hydrogen (secondary N) is 1. The van der Waals surface area contributed by atoms with Gasteiger partial charge in [0.25, 0.3) is 0 Å². The highest BCUT2D eigenvalue weighted by molar-refractivity contribution is 9.11. The van der Waals surface area contributed by atoms with Crippen LogP contribution in [-0.4, -0.2) is 12.6 Å². The molecule has 0 saturated heterocycles. The maximum atomic E-state index is 5.72. The molecule has 1 atom stereocenters. The lowest BCUT2D eigenvalue weighted by atomic mass is 10.2. The molecule has 0 amide bonds. The van der Waals surface area contributed by atoms with Gasteiger partial charge in [-0.2, -0.15) is 0 Å². The van der Waals surface area contributed by atoms with Crippen molar-refractivity contribution in [1.82, 2.24) is 5.32 Å². The summed E-state index contributed by atoms with van der Waals surface area (Å²) in [5.74, 6) is 0. The lowest BCUT2D eigenvalue weighted by Crippen LogP contribution is -2.29. The van der Waals surface area contributed by atoms with Gasteiger partial charge >= 0.3 is 0 Å². The molecule has 0 aliphatic heterocycles. The third kappa shape index (κ3) is 2.53. The zero-order valence-corrected chi connectivity index (χ0v) is 9.70. The average molecular weight is 261 g/mol. The molecule has 1 heterocycles. The molecule has 1 aromatic heterocycles. The highest BCUT2D eigenvalue weighted by Crippen LogP contribution is 2.29. The fraction of sp³-hybridized carbons (Fsp3) is 0.556. The Hall–Kier alpha value is 0.1000. The molecule has 0 radical (unpaired) electrons. The molecule has 1 unspecified atom stereocenters.